The lowest BCUT2D eigenvalue weighted by Gasteiger charge is -2.26. The number of fused-ring (bicyclic) bond motifs is 2. The van der Waals surface area contributed by atoms with Crippen LogP contribution in [-0.2, 0) is 0 Å². The normalized spacial score (nSPS) is 17.1. The van der Waals surface area contributed by atoms with Crippen LogP contribution in [0.2, 0.25) is 0 Å². The van der Waals surface area contributed by atoms with E-state index in [1.807, 2.05) is 24.3 Å². The molecule has 2 heterocycles. The molecule has 0 bridgehead atoms. The van der Waals surface area contributed by atoms with Crippen LogP contribution >= 0.6 is 0 Å². The highest BCUT2D eigenvalue weighted by Gasteiger charge is 2.37. The van der Waals surface area contributed by atoms with Gasteiger partial charge in [-0.3, -0.25) is 14.4 Å². The van der Waals surface area contributed by atoms with Gasteiger partial charge < -0.3 is 10.1 Å². The van der Waals surface area contributed by atoms with Crippen molar-refractivity contribution in [1.82, 2.24) is 5.32 Å². The van der Waals surface area contributed by atoms with Gasteiger partial charge in [-0.15, -0.1) is 0 Å². The Bertz CT molecular complexity index is 1220. The fraction of sp³-hybridized carbons (Fsp3) is 0.125. The van der Waals surface area contributed by atoms with E-state index in [0.717, 1.165) is 16.2 Å². The number of amides is 3. The number of imide groups is 1. The second kappa shape index (κ2) is 7.36. The minimum absolute atomic E-state index is 0.148. The number of hydrogen-bond donors (Lipinski definition) is 1. The van der Waals surface area contributed by atoms with Crippen molar-refractivity contribution in [3.8, 4) is 5.75 Å². The number of carbonyl (C=O) groups excluding carboxylic acids is 3. The molecule has 154 valence electrons. The topological polar surface area (TPSA) is 75.7 Å². The maximum Gasteiger partial charge on any atom is 0.266 e. The zero-order chi connectivity index (χ0) is 21.5. The molecule has 0 saturated heterocycles. The monoisotopic (exact) mass is 416 g/mol. The van der Waals surface area contributed by atoms with E-state index >= 15 is 0 Å². The summed E-state index contributed by atoms with van der Waals surface area (Å²) in [4.78, 5) is 39.5. The first kappa shape index (κ1) is 19.0. The molecule has 7 heteroatoms. The predicted molar refractivity (Wildman–Crippen MR) is 111 cm³/mol. The third-order valence-electron chi connectivity index (χ3n) is 5.50. The van der Waals surface area contributed by atoms with Crippen LogP contribution in [0.5, 0.6) is 5.75 Å². The number of anilines is 1. The Morgan fingerprint density at radius 3 is 2.52 bits per heavy atom. The van der Waals surface area contributed by atoms with E-state index in [9.17, 15) is 18.8 Å². The third kappa shape index (κ3) is 3.24. The average molecular weight is 416 g/mol. The Balaban J connectivity index is 1.41. The summed E-state index contributed by atoms with van der Waals surface area (Å²) in [7, 11) is 0. The van der Waals surface area contributed by atoms with Crippen LogP contribution in [0.25, 0.3) is 0 Å². The number of nitrogens with one attached hydrogen (secondary N) is 1. The molecule has 3 aromatic carbocycles. The Labute approximate surface area is 177 Å². The van der Waals surface area contributed by atoms with Gasteiger partial charge in [-0.25, -0.2) is 9.29 Å². The van der Waals surface area contributed by atoms with Gasteiger partial charge in [0, 0.05) is 17.5 Å². The first-order valence-corrected chi connectivity index (χ1v) is 9.84. The lowest BCUT2D eigenvalue weighted by Crippen LogP contribution is -2.32. The van der Waals surface area contributed by atoms with Gasteiger partial charge in [0.25, 0.3) is 17.7 Å². The average Bonchev–Trinajstić information content (AvgIpc) is 3.04. The van der Waals surface area contributed by atoms with Gasteiger partial charge in [0.15, 0.2) is 0 Å². The van der Waals surface area contributed by atoms with Crippen molar-refractivity contribution < 1.29 is 23.5 Å². The van der Waals surface area contributed by atoms with Crippen LogP contribution in [0.3, 0.4) is 0 Å². The van der Waals surface area contributed by atoms with Gasteiger partial charge in [-0.2, -0.15) is 0 Å². The molecule has 6 nitrogen and oxygen atoms in total. The van der Waals surface area contributed by atoms with E-state index in [-0.39, 0.29) is 34.3 Å². The summed E-state index contributed by atoms with van der Waals surface area (Å²) in [6.45, 7) is 0.492. The van der Waals surface area contributed by atoms with Crippen LogP contribution in [0, 0.1) is 5.82 Å². The van der Waals surface area contributed by atoms with Gasteiger partial charge in [0.1, 0.15) is 11.6 Å². The largest absolute Gasteiger partial charge is 0.493 e. The van der Waals surface area contributed by atoms with Crippen LogP contribution in [0.1, 0.15) is 49.1 Å². The minimum atomic E-state index is -0.544. The van der Waals surface area contributed by atoms with E-state index < -0.39 is 17.6 Å². The smallest absolute Gasteiger partial charge is 0.266 e. The quantitative estimate of drug-likeness (QED) is 0.658. The second-order valence-corrected chi connectivity index (χ2v) is 7.38. The highest BCUT2D eigenvalue weighted by molar-refractivity contribution is 6.34. The van der Waals surface area contributed by atoms with Crippen molar-refractivity contribution in [3.63, 3.8) is 0 Å². The molecule has 5 rings (SSSR count). The summed E-state index contributed by atoms with van der Waals surface area (Å²) >= 11 is 0. The van der Waals surface area contributed by atoms with Gasteiger partial charge >= 0.3 is 0 Å². The van der Waals surface area contributed by atoms with Crippen LogP contribution in [0.4, 0.5) is 10.1 Å². The minimum Gasteiger partial charge on any atom is -0.493 e. The molecule has 2 aliphatic rings. The molecule has 0 spiro atoms. The van der Waals surface area contributed by atoms with E-state index in [2.05, 4.69) is 5.32 Å². The molecule has 3 aromatic rings. The molecular formula is C24H17FN2O4. The number of ether oxygens (including phenoxy) is 1. The van der Waals surface area contributed by atoms with Crippen molar-refractivity contribution in [2.45, 2.75) is 12.5 Å². The number of halogens is 1. The fourth-order valence-electron chi connectivity index (χ4n) is 3.94. The van der Waals surface area contributed by atoms with Crippen LogP contribution in [-0.4, -0.2) is 24.3 Å². The molecule has 1 atom stereocenters. The number of rotatable bonds is 3. The lowest BCUT2D eigenvalue weighted by atomic mass is 9.99. The summed E-state index contributed by atoms with van der Waals surface area (Å²) in [6, 6.07) is 16.9. The summed E-state index contributed by atoms with van der Waals surface area (Å²) in [6.07, 6.45) is 0.628. The van der Waals surface area contributed by atoms with E-state index in [0.29, 0.717) is 13.0 Å². The summed E-state index contributed by atoms with van der Waals surface area (Å²) in [5.74, 6) is -1.11. The van der Waals surface area contributed by atoms with E-state index in [4.69, 9.17) is 4.74 Å². The molecule has 0 aliphatic carbocycles. The Morgan fingerprint density at radius 2 is 1.71 bits per heavy atom. The molecule has 3 amide bonds. The first-order chi connectivity index (χ1) is 15.0. The SMILES string of the molecule is O=C(NC1CCOc2ccccc21)c1ccc2c(c1)C(=O)N(c1ccc(F)cc1)C2=O. The molecule has 2 aliphatic heterocycles. The zero-order valence-corrected chi connectivity index (χ0v) is 16.3. The van der Waals surface area contributed by atoms with Crippen LogP contribution < -0.4 is 15.0 Å². The number of benzene rings is 3. The Kier molecular flexibility index (Phi) is 4.51. The third-order valence-corrected chi connectivity index (χ3v) is 5.50. The van der Waals surface area contributed by atoms with Gasteiger partial charge in [-0.05, 0) is 48.5 Å². The van der Waals surface area contributed by atoms with Gasteiger partial charge in [0.2, 0.25) is 0 Å². The van der Waals surface area contributed by atoms with Gasteiger partial charge in [0.05, 0.1) is 29.5 Å². The van der Waals surface area contributed by atoms with Crippen molar-refractivity contribution >= 4 is 23.4 Å². The first-order valence-electron chi connectivity index (χ1n) is 9.84. The van der Waals surface area contributed by atoms with E-state index in [1.54, 1.807) is 0 Å². The summed E-state index contributed by atoms with van der Waals surface area (Å²) < 4.78 is 18.8. The number of hydrogen-bond acceptors (Lipinski definition) is 4. The molecule has 0 radical (unpaired) electrons. The zero-order valence-electron chi connectivity index (χ0n) is 16.3. The van der Waals surface area contributed by atoms with Crippen molar-refractivity contribution in [2.75, 3.05) is 11.5 Å². The van der Waals surface area contributed by atoms with E-state index in [1.165, 1.54) is 42.5 Å². The molecule has 31 heavy (non-hydrogen) atoms. The Morgan fingerprint density at radius 1 is 0.968 bits per heavy atom. The predicted octanol–water partition coefficient (Wildman–Crippen LogP) is 3.88. The van der Waals surface area contributed by atoms with Crippen molar-refractivity contribution in [3.05, 3.63) is 94.8 Å². The Hall–Kier alpha value is -4.00. The molecule has 1 unspecified atom stereocenters. The molecule has 0 aromatic heterocycles. The highest BCUT2D eigenvalue weighted by Crippen LogP contribution is 2.32. The van der Waals surface area contributed by atoms with Crippen molar-refractivity contribution in [2.24, 2.45) is 0 Å². The summed E-state index contributed by atoms with van der Waals surface area (Å²) in [5, 5.41) is 2.99. The number of para-hydroxylation sites is 1. The standard InChI is InChI=1S/C24H17FN2O4/c25-15-6-8-16(9-7-15)27-23(29)17-10-5-14(13-19(17)24(27)30)22(28)26-20-11-12-31-21-4-2-1-3-18(20)21/h1-10,13,20H,11-12H2,(H,26,28). The summed E-state index contributed by atoms with van der Waals surface area (Å²) in [5.41, 5.74) is 1.82. The maximum absolute atomic E-state index is 13.2. The van der Waals surface area contributed by atoms with Gasteiger partial charge in [-0.1, -0.05) is 18.2 Å². The fourth-order valence-corrected chi connectivity index (χ4v) is 3.94. The lowest BCUT2D eigenvalue weighted by molar-refractivity contribution is 0.0916. The van der Waals surface area contributed by atoms with Crippen molar-refractivity contribution in [1.29, 1.82) is 0 Å². The van der Waals surface area contributed by atoms with Crippen LogP contribution in [0.15, 0.2) is 66.7 Å². The molecule has 1 N–H and O–H groups in total. The second-order valence-electron chi connectivity index (χ2n) is 7.38. The maximum atomic E-state index is 13.2. The molecular weight excluding hydrogens is 399 g/mol. The number of carbonyl (C=O) groups is 3. The molecule has 0 fully saturated rings. The highest BCUT2D eigenvalue weighted by atomic mass is 19.1. The number of nitrogens with zero attached hydrogens (tertiary/aromatic N) is 1. The molecule has 0 saturated carbocycles.